The number of hydrogen-bond donors (Lipinski definition) is 2. The number of nitrogens with one attached hydrogen (secondary N) is 1. The molecule has 0 saturated heterocycles. The topological polar surface area (TPSA) is 49.3 Å². The highest BCUT2D eigenvalue weighted by Crippen LogP contribution is 2.44. The third-order valence-electron chi connectivity index (χ3n) is 3.77. The van der Waals surface area contributed by atoms with E-state index in [2.05, 4.69) is 40.3 Å². The van der Waals surface area contributed by atoms with Crippen LogP contribution < -0.4 is 5.32 Å². The lowest BCUT2D eigenvalue weighted by Crippen LogP contribution is -2.32. The van der Waals surface area contributed by atoms with E-state index in [4.69, 9.17) is 0 Å². The largest absolute Gasteiger partial charge is 0.396 e. The van der Waals surface area contributed by atoms with Crippen LogP contribution in [-0.4, -0.2) is 29.9 Å². The van der Waals surface area contributed by atoms with E-state index < -0.39 is 0 Å². The summed E-state index contributed by atoms with van der Waals surface area (Å²) in [6.45, 7) is 4.87. The smallest absolute Gasteiger partial charge is 0.230 e. The first-order chi connectivity index (χ1) is 9.46. The van der Waals surface area contributed by atoms with Crippen molar-refractivity contribution >= 4 is 33.6 Å². The number of thioether (sulfide) groups is 1. The molecule has 3 nitrogen and oxygen atoms in total. The predicted octanol–water partition coefficient (Wildman–Crippen LogP) is 3.05. The molecule has 20 heavy (non-hydrogen) atoms. The highest BCUT2D eigenvalue weighted by Gasteiger charge is 2.41. The summed E-state index contributed by atoms with van der Waals surface area (Å²) in [7, 11) is 0. The van der Waals surface area contributed by atoms with Crippen molar-refractivity contribution in [2.75, 3.05) is 18.9 Å². The molecule has 1 saturated carbocycles. The van der Waals surface area contributed by atoms with E-state index in [9.17, 15) is 9.90 Å². The number of amides is 1. The summed E-state index contributed by atoms with van der Waals surface area (Å²) >= 11 is 5.07. The number of rotatable bonds is 6. The quantitative estimate of drug-likeness (QED) is 0.769. The number of hydrogen-bond acceptors (Lipinski definition) is 3. The Morgan fingerprint density at radius 2 is 2.10 bits per heavy atom. The van der Waals surface area contributed by atoms with Crippen LogP contribution in [0.2, 0.25) is 0 Å². The van der Waals surface area contributed by atoms with Crippen LogP contribution in [-0.2, 0) is 4.79 Å². The van der Waals surface area contributed by atoms with Gasteiger partial charge in [-0.1, -0.05) is 15.9 Å². The number of benzene rings is 1. The molecule has 110 valence electrons. The lowest BCUT2D eigenvalue weighted by molar-refractivity contribution is -0.118. The van der Waals surface area contributed by atoms with Crippen molar-refractivity contribution in [3.8, 4) is 0 Å². The highest BCUT2D eigenvalue weighted by molar-refractivity contribution is 9.10. The summed E-state index contributed by atoms with van der Waals surface area (Å²) in [5.74, 6) is 0.457. The summed E-state index contributed by atoms with van der Waals surface area (Å²) in [5, 5.41) is 12.1. The van der Waals surface area contributed by atoms with Gasteiger partial charge in [0.2, 0.25) is 5.91 Å². The van der Waals surface area contributed by atoms with Gasteiger partial charge in [0, 0.05) is 21.3 Å². The number of halogens is 1. The zero-order chi connectivity index (χ0) is 14.8. The molecule has 2 N–H and O–H groups in total. The lowest BCUT2D eigenvalue weighted by atomic mass is 10.1. The normalized spacial score (nSPS) is 16.0. The van der Waals surface area contributed by atoms with Crippen molar-refractivity contribution in [3.05, 3.63) is 27.7 Å². The van der Waals surface area contributed by atoms with Crippen LogP contribution in [0, 0.1) is 19.3 Å². The summed E-state index contributed by atoms with van der Waals surface area (Å²) in [5.41, 5.74) is 2.33. The zero-order valence-electron chi connectivity index (χ0n) is 11.8. The average Bonchev–Trinajstić information content (AvgIpc) is 3.20. The first-order valence-electron chi connectivity index (χ1n) is 6.73. The van der Waals surface area contributed by atoms with Gasteiger partial charge in [-0.25, -0.2) is 0 Å². The number of aliphatic hydroxyl groups is 1. The molecule has 1 aromatic rings. The van der Waals surface area contributed by atoms with Crippen LogP contribution in [0.3, 0.4) is 0 Å². The van der Waals surface area contributed by atoms with Crippen LogP contribution >= 0.6 is 27.7 Å². The molecule has 0 aromatic heterocycles. The maximum atomic E-state index is 11.8. The molecule has 0 bridgehead atoms. The second-order valence-electron chi connectivity index (χ2n) is 5.59. The molecule has 0 unspecified atom stereocenters. The summed E-state index contributed by atoms with van der Waals surface area (Å²) in [4.78, 5) is 13.0. The molecule has 1 aromatic carbocycles. The molecule has 1 amide bonds. The van der Waals surface area contributed by atoms with Gasteiger partial charge in [-0.3, -0.25) is 4.79 Å². The monoisotopic (exact) mass is 357 g/mol. The van der Waals surface area contributed by atoms with Crippen LogP contribution in [0.5, 0.6) is 0 Å². The van der Waals surface area contributed by atoms with Crippen molar-refractivity contribution in [2.45, 2.75) is 31.6 Å². The first-order valence-corrected chi connectivity index (χ1v) is 8.51. The molecule has 0 heterocycles. The number of aliphatic hydroxyl groups excluding tert-OH is 1. The van der Waals surface area contributed by atoms with Gasteiger partial charge in [0.1, 0.15) is 0 Å². The molecule has 0 spiro atoms. The van der Waals surface area contributed by atoms with Crippen molar-refractivity contribution in [1.29, 1.82) is 0 Å². The van der Waals surface area contributed by atoms with Crippen LogP contribution in [0.25, 0.3) is 0 Å². The fourth-order valence-electron chi connectivity index (χ4n) is 1.96. The van der Waals surface area contributed by atoms with Gasteiger partial charge in [-0.2, -0.15) is 0 Å². The minimum Gasteiger partial charge on any atom is -0.396 e. The summed E-state index contributed by atoms with van der Waals surface area (Å²) < 4.78 is 1.10. The molecule has 2 rings (SSSR count). The van der Waals surface area contributed by atoms with E-state index in [0.717, 1.165) is 22.2 Å². The van der Waals surface area contributed by atoms with E-state index in [1.807, 2.05) is 6.92 Å². The SMILES string of the molecule is Cc1cc(SCC(=O)NCC2(CO)CC2)c(C)cc1Br. The maximum absolute atomic E-state index is 11.8. The van der Waals surface area contributed by atoms with Crippen LogP contribution in [0.4, 0.5) is 0 Å². The van der Waals surface area contributed by atoms with Crippen molar-refractivity contribution in [3.63, 3.8) is 0 Å². The van der Waals surface area contributed by atoms with Gasteiger partial charge in [0.15, 0.2) is 0 Å². The van der Waals surface area contributed by atoms with Crippen LogP contribution in [0.1, 0.15) is 24.0 Å². The molecule has 5 heteroatoms. The Bertz CT molecular complexity index is 515. The van der Waals surface area contributed by atoms with E-state index in [1.165, 1.54) is 11.1 Å². The van der Waals surface area contributed by atoms with Crippen molar-refractivity contribution < 1.29 is 9.90 Å². The summed E-state index contributed by atoms with van der Waals surface area (Å²) in [6.07, 6.45) is 2.03. The first kappa shape index (κ1) is 15.9. The third-order valence-corrected chi connectivity index (χ3v) is 5.78. The molecule has 1 fully saturated rings. The van der Waals surface area contributed by atoms with E-state index in [0.29, 0.717) is 12.3 Å². The van der Waals surface area contributed by atoms with E-state index in [1.54, 1.807) is 11.8 Å². The molecular weight excluding hydrogens is 338 g/mol. The fraction of sp³-hybridized carbons (Fsp3) is 0.533. The average molecular weight is 358 g/mol. The predicted molar refractivity (Wildman–Crippen MR) is 86.1 cm³/mol. The molecular formula is C15H20BrNO2S. The Kier molecular flexibility index (Phi) is 5.15. The Labute approximate surface area is 132 Å². The van der Waals surface area contributed by atoms with Crippen molar-refractivity contribution in [1.82, 2.24) is 5.32 Å². The van der Waals surface area contributed by atoms with Gasteiger partial charge < -0.3 is 10.4 Å². The second-order valence-corrected chi connectivity index (χ2v) is 7.46. The Morgan fingerprint density at radius 1 is 1.40 bits per heavy atom. The molecule has 0 atom stereocenters. The van der Waals surface area contributed by atoms with Gasteiger partial charge in [0.05, 0.1) is 12.4 Å². The second kappa shape index (κ2) is 6.50. The number of carbonyl (C=O) groups excluding carboxylic acids is 1. The summed E-state index contributed by atoms with van der Waals surface area (Å²) in [6, 6.07) is 4.19. The minimum absolute atomic E-state index is 0.0234. The third kappa shape index (κ3) is 3.99. The molecule has 1 aliphatic carbocycles. The van der Waals surface area contributed by atoms with Gasteiger partial charge >= 0.3 is 0 Å². The molecule has 0 aliphatic heterocycles. The van der Waals surface area contributed by atoms with Gasteiger partial charge in [0.25, 0.3) is 0 Å². The van der Waals surface area contributed by atoms with Gasteiger partial charge in [-0.15, -0.1) is 11.8 Å². The zero-order valence-corrected chi connectivity index (χ0v) is 14.2. The Morgan fingerprint density at radius 3 is 2.70 bits per heavy atom. The van der Waals surface area contributed by atoms with E-state index >= 15 is 0 Å². The highest BCUT2D eigenvalue weighted by atomic mass is 79.9. The molecule has 0 radical (unpaired) electrons. The standard InChI is InChI=1S/C15H20BrNO2S/c1-10-6-13(11(2)5-12(10)16)20-7-14(19)17-8-15(9-18)3-4-15/h5-6,18H,3-4,7-9H2,1-2H3,(H,17,19). The minimum atomic E-state index is -0.0234. The van der Waals surface area contributed by atoms with Gasteiger partial charge in [-0.05, 0) is 49.9 Å². The number of carbonyl (C=O) groups is 1. The maximum Gasteiger partial charge on any atom is 0.230 e. The Hall–Kier alpha value is -0.520. The Balaban J connectivity index is 1.83. The lowest BCUT2D eigenvalue weighted by Gasteiger charge is -2.13. The van der Waals surface area contributed by atoms with E-state index in [-0.39, 0.29) is 17.9 Å². The van der Waals surface area contributed by atoms with Crippen LogP contribution in [0.15, 0.2) is 21.5 Å². The number of aryl methyl sites for hydroxylation is 2. The van der Waals surface area contributed by atoms with Crippen molar-refractivity contribution in [2.24, 2.45) is 5.41 Å². The fourth-order valence-corrected chi connectivity index (χ4v) is 3.35. The molecule has 1 aliphatic rings.